The largest absolute Gasteiger partial charge is 0.316 e. The summed E-state index contributed by atoms with van der Waals surface area (Å²) in [7, 11) is 0. The van der Waals surface area contributed by atoms with E-state index in [0.29, 0.717) is 0 Å². The first-order chi connectivity index (χ1) is 7.22. The lowest BCUT2D eigenvalue weighted by Crippen LogP contribution is -2.50. The van der Waals surface area contributed by atoms with Gasteiger partial charge in [0, 0.05) is 0 Å². The van der Waals surface area contributed by atoms with E-state index >= 15 is 0 Å². The molecule has 1 aliphatic heterocycles. The van der Waals surface area contributed by atoms with Crippen LogP contribution in [0, 0.1) is 29.1 Å². The van der Waals surface area contributed by atoms with Gasteiger partial charge in [0.25, 0.3) is 0 Å². The fourth-order valence-electron chi connectivity index (χ4n) is 5.11. The number of piperidine rings is 1. The van der Waals surface area contributed by atoms with Crippen LogP contribution in [-0.2, 0) is 0 Å². The zero-order valence-corrected chi connectivity index (χ0v) is 10.3. The Morgan fingerprint density at radius 1 is 1.27 bits per heavy atom. The summed E-state index contributed by atoms with van der Waals surface area (Å²) < 4.78 is 0. The van der Waals surface area contributed by atoms with E-state index in [1.807, 2.05) is 0 Å². The van der Waals surface area contributed by atoms with Gasteiger partial charge in [0.2, 0.25) is 0 Å². The number of fused-ring (bicyclic) bond motifs is 3. The van der Waals surface area contributed by atoms with E-state index in [0.717, 1.165) is 29.1 Å². The molecule has 2 saturated carbocycles. The molecule has 0 aromatic carbocycles. The standard InChI is InChI=1S/C14H25N/c1-10(2)13-9-15-6-5-14(13)8-11-3-4-12(14)7-11/h10-13,15H,3-9H2,1-2H3. The minimum absolute atomic E-state index is 0.766. The summed E-state index contributed by atoms with van der Waals surface area (Å²) in [5.41, 5.74) is 0.766. The first-order valence-corrected chi connectivity index (χ1v) is 6.93. The maximum absolute atomic E-state index is 3.63. The molecule has 3 aliphatic rings. The van der Waals surface area contributed by atoms with Gasteiger partial charge in [-0.25, -0.2) is 0 Å². The van der Waals surface area contributed by atoms with Crippen molar-refractivity contribution in [3.05, 3.63) is 0 Å². The molecule has 1 nitrogen and oxygen atoms in total. The Kier molecular flexibility index (Phi) is 2.35. The van der Waals surface area contributed by atoms with Crippen molar-refractivity contribution >= 4 is 0 Å². The van der Waals surface area contributed by atoms with Crippen molar-refractivity contribution < 1.29 is 0 Å². The van der Waals surface area contributed by atoms with Gasteiger partial charge in [0.05, 0.1) is 0 Å². The Balaban J connectivity index is 1.87. The molecule has 86 valence electrons. The molecule has 3 rings (SSSR count). The quantitative estimate of drug-likeness (QED) is 0.697. The molecule has 0 amide bonds. The van der Waals surface area contributed by atoms with Gasteiger partial charge in [-0.05, 0) is 67.9 Å². The maximum Gasteiger partial charge on any atom is -0.00126 e. The highest BCUT2D eigenvalue weighted by atomic mass is 14.9. The maximum atomic E-state index is 3.63. The van der Waals surface area contributed by atoms with E-state index in [-0.39, 0.29) is 0 Å². The molecule has 1 spiro atoms. The Morgan fingerprint density at radius 2 is 2.13 bits per heavy atom. The Labute approximate surface area is 94.0 Å². The van der Waals surface area contributed by atoms with Crippen molar-refractivity contribution in [2.75, 3.05) is 13.1 Å². The van der Waals surface area contributed by atoms with Crippen LogP contribution < -0.4 is 5.32 Å². The molecule has 4 unspecified atom stereocenters. The second-order valence-electron chi connectivity index (χ2n) is 6.62. The van der Waals surface area contributed by atoms with Crippen molar-refractivity contribution in [1.82, 2.24) is 5.32 Å². The third-order valence-electron chi connectivity index (χ3n) is 5.70. The number of nitrogens with one attached hydrogen (secondary N) is 1. The predicted octanol–water partition coefficient (Wildman–Crippen LogP) is 3.06. The van der Waals surface area contributed by atoms with Crippen molar-refractivity contribution in [3.63, 3.8) is 0 Å². The zero-order valence-electron chi connectivity index (χ0n) is 10.3. The van der Waals surface area contributed by atoms with Crippen LogP contribution in [0.2, 0.25) is 0 Å². The fraction of sp³-hybridized carbons (Fsp3) is 1.00. The summed E-state index contributed by atoms with van der Waals surface area (Å²) in [6.07, 6.45) is 7.71. The van der Waals surface area contributed by atoms with Crippen LogP contribution in [0.15, 0.2) is 0 Å². The highest BCUT2D eigenvalue weighted by Gasteiger charge is 2.55. The summed E-state index contributed by atoms with van der Waals surface area (Å²) in [4.78, 5) is 0. The predicted molar refractivity (Wildman–Crippen MR) is 63.7 cm³/mol. The van der Waals surface area contributed by atoms with Crippen molar-refractivity contribution in [3.8, 4) is 0 Å². The fourth-order valence-corrected chi connectivity index (χ4v) is 5.11. The van der Waals surface area contributed by atoms with Gasteiger partial charge in [-0.3, -0.25) is 0 Å². The summed E-state index contributed by atoms with van der Waals surface area (Å²) in [6.45, 7) is 7.45. The van der Waals surface area contributed by atoms with Gasteiger partial charge in [-0.15, -0.1) is 0 Å². The highest BCUT2D eigenvalue weighted by Crippen LogP contribution is 2.62. The number of hydrogen-bond acceptors (Lipinski definition) is 1. The second-order valence-corrected chi connectivity index (χ2v) is 6.62. The summed E-state index contributed by atoms with van der Waals surface area (Å²) in [5, 5.41) is 3.63. The lowest BCUT2D eigenvalue weighted by molar-refractivity contribution is 0.0134. The van der Waals surface area contributed by atoms with E-state index in [1.54, 1.807) is 25.7 Å². The first-order valence-electron chi connectivity index (χ1n) is 6.93. The number of hydrogen-bond donors (Lipinski definition) is 1. The smallest absolute Gasteiger partial charge is 0.00126 e. The van der Waals surface area contributed by atoms with Crippen molar-refractivity contribution in [1.29, 1.82) is 0 Å². The third kappa shape index (κ3) is 1.39. The lowest BCUT2D eigenvalue weighted by atomic mass is 9.58. The Hall–Kier alpha value is -0.0400. The van der Waals surface area contributed by atoms with Crippen LogP contribution in [0.1, 0.15) is 46.0 Å². The molecule has 4 atom stereocenters. The van der Waals surface area contributed by atoms with E-state index in [4.69, 9.17) is 0 Å². The van der Waals surface area contributed by atoms with Gasteiger partial charge < -0.3 is 5.32 Å². The van der Waals surface area contributed by atoms with Crippen LogP contribution in [0.25, 0.3) is 0 Å². The van der Waals surface area contributed by atoms with Gasteiger partial charge in [-0.1, -0.05) is 20.3 Å². The van der Waals surface area contributed by atoms with E-state index in [9.17, 15) is 0 Å². The molecule has 1 N–H and O–H groups in total. The second kappa shape index (κ2) is 3.48. The first kappa shape index (κ1) is 10.1. The van der Waals surface area contributed by atoms with Gasteiger partial charge in [-0.2, -0.15) is 0 Å². The normalized spacial score (nSPS) is 49.4. The number of rotatable bonds is 1. The molecule has 1 heterocycles. The molecule has 15 heavy (non-hydrogen) atoms. The average Bonchev–Trinajstić information content (AvgIpc) is 2.78. The minimum Gasteiger partial charge on any atom is -0.316 e. The molecule has 0 radical (unpaired) electrons. The SMILES string of the molecule is CC(C)C1CNCCC12CC1CCC2C1. The summed E-state index contributed by atoms with van der Waals surface area (Å²) in [5.74, 6) is 4.03. The third-order valence-corrected chi connectivity index (χ3v) is 5.70. The molecular formula is C14H25N. The van der Waals surface area contributed by atoms with Crippen LogP contribution >= 0.6 is 0 Å². The lowest BCUT2D eigenvalue weighted by Gasteiger charge is -2.49. The minimum atomic E-state index is 0.766. The topological polar surface area (TPSA) is 12.0 Å². The van der Waals surface area contributed by atoms with Crippen LogP contribution in [0.5, 0.6) is 0 Å². The molecular weight excluding hydrogens is 182 g/mol. The Morgan fingerprint density at radius 3 is 2.73 bits per heavy atom. The summed E-state index contributed by atoms with van der Waals surface area (Å²) in [6, 6.07) is 0. The Bertz CT molecular complexity index is 248. The highest BCUT2D eigenvalue weighted by molar-refractivity contribution is 5.06. The monoisotopic (exact) mass is 207 g/mol. The zero-order chi connectivity index (χ0) is 10.5. The molecule has 0 aromatic rings. The van der Waals surface area contributed by atoms with Gasteiger partial charge in [0.15, 0.2) is 0 Å². The van der Waals surface area contributed by atoms with Gasteiger partial charge in [0.1, 0.15) is 0 Å². The molecule has 0 aromatic heterocycles. The molecule has 1 heteroatoms. The molecule has 2 bridgehead atoms. The van der Waals surface area contributed by atoms with Crippen molar-refractivity contribution in [2.45, 2.75) is 46.0 Å². The van der Waals surface area contributed by atoms with Crippen LogP contribution in [-0.4, -0.2) is 13.1 Å². The average molecular weight is 207 g/mol. The van der Waals surface area contributed by atoms with Crippen molar-refractivity contribution in [2.24, 2.45) is 29.1 Å². The van der Waals surface area contributed by atoms with Gasteiger partial charge >= 0.3 is 0 Å². The molecule has 3 fully saturated rings. The summed E-state index contributed by atoms with van der Waals surface area (Å²) >= 11 is 0. The van der Waals surface area contributed by atoms with E-state index < -0.39 is 0 Å². The molecule has 2 aliphatic carbocycles. The van der Waals surface area contributed by atoms with Crippen LogP contribution in [0.4, 0.5) is 0 Å². The van der Waals surface area contributed by atoms with E-state index in [1.165, 1.54) is 19.5 Å². The molecule has 1 saturated heterocycles. The van der Waals surface area contributed by atoms with Crippen LogP contribution in [0.3, 0.4) is 0 Å². The van der Waals surface area contributed by atoms with E-state index in [2.05, 4.69) is 19.2 Å².